The zero-order valence-electron chi connectivity index (χ0n) is 11.7. The number of ether oxygens (including phenoxy) is 1. The summed E-state index contributed by atoms with van der Waals surface area (Å²) in [6, 6.07) is 6.78. The molecule has 1 aromatic carbocycles. The van der Waals surface area contributed by atoms with Crippen LogP contribution in [0.15, 0.2) is 24.4 Å². The van der Waals surface area contributed by atoms with Crippen molar-refractivity contribution in [2.45, 2.75) is 46.8 Å². The van der Waals surface area contributed by atoms with E-state index in [4.69, 9.17) is 4.74 Å². The summed E-state index contributed by atoms with van der Waals surface area (Å²) < 4.78 is 7.91. The van der Waals surface area contributed by atoms with Gasteiger partial charge in [-0.1, -0.05) is 32.9 Å². The van der Waals surface area contributed by atoms with E-state index >= 15 is 0 Å². The van der Waals surface area contributed by atoms with Gasteiger partial charge in [-0.2, -0.15) is 0 Å². The minimum Gasteiger partial charge on any atom is -0.361 e. The van der Waals surface area contributed by atoms with E-state index in [-0.39, 0.29) is 0 Å². The normalized spacial score (nSPS) is 11.3. The van der Waals surface area contributed by atoms with E-state index in [1.54, 1.807) is 0 Å². The first kappa shape index (κ1) is 13.2. The van der Waals surface area contributed by atoms with Crippen LogP contribution in [0.5, 0.6) is 0 Å². The molecule has 0 aliphatic carbocycles. The molecule has 1 aromatic heterocycles. The molecular formula is C16H23NO. The average molecular weight is 245 g/mol. The maximum absolute atomic E-state index is 5.67. The van der Waals surface area contributed by atoms with Crippen molar-refractivity contribution in [3.63, 3.8) is 0 Å². The van der Waals surface area contributed by atoms with Gasteiger partial charge < -0.3 is 9.30 Å². The molecule has 2 rings (SSSR count). The van der Waals surface area contributed by atoms with Gasteiger partial charge in [0.15, 0.2) is 0 Å². The monoisotopic (exact) mass is 245 g/mol. The molecule has 0 unspecified atom stereocenters. The molecule has 2 nitrogen and oxygen atoms in total. The number of aromatic nitrogens is 1. The molecule has 0 saturated heterocycles. The topological polar surface area (TPSA) is 14.2 Å². The van der Waals surface area contributed by atoms with E-state index < -0.39 is 0 Å². The predicted molar refractivity (Wildman–Crippen MR) is 76.9 cm³/mol. The highest BCUT2D eigenvalue weighted by atomic mass is 16.5. The minimum atomic E-state index is 0.664. The summed E-state index contributed by atoms with van der Waals surface area (Å²) in [5, 5.41) is 1.37. The summed E-state index contributed by atoms with van der Waals surface area (Å²) in [5.41, 5.74) is 4.11. The second-order valence-electron chi connectivity index (χ2n) is 4.72. The van der Waals surface area contributed by atoms with E-state index in [1.807, 2.05) is 0 Å². The van der Waals surface area contributed by atoms with Crippen molar-refractivity contribution in [1.29, 1.82) is 0 Å². The highest BCUT2D eigenvalue weighted by molar-refractivity contribution is 5.84. The molecule has 0 aliphatic heterocycles. The fourth-order valence-corrected chi connectivity index (χ4v) is 2.33. The highest BCUT2D eigenvalue weighted by Crippen LogP contribution is 2.23. The molecule has 0 spiro atoms. The van der Waals surface area contributed by atoms with Crippen molar-refractivity contribution >= 4 is 10.9 Å². The Morgan fingerprint density at radius 1 is 1.11 bits per heavy atom. The second-order valence-corrected chi connectivity index (χ2v) is 4.72. The van der Waals surface area contributed by atoms with E-state index in [0.29, 0.717) is 6.73 Å². The molecule has 0 radical (unpaired) electrons. The summed E-state index contributed by atoms with van der Waals surface area (Å²) in [6.07, 6.45) is 5.46. The molecule has 18 heavy (non-hydrogen) atoms. The summed E-state index contributed by atoms with van der Waals surface area (Å²) >= 11 is 0. The van der Waals surface area contributed by atoms with E-state index in [2.05, 4.69) is 49.7 Å². The number of benzene rings is 1. The molecule has 2 heteroatoms. The van der Waals surface area contributed by atoms with Crippen LogP contribution in [-0.4, -0.2) is 11.2 Å². The van der Waals surface area contributed by atoms with Crippen LogP contribution in [0.3, 0.4) is 0 Å². The van der Waals surface area contributed by atoms with Crippen molar-refractivity contribution in [2.24, 2.45) is 0 Å². The molecular weight excluding hydrogens is 222 g/mol. The SMILES string of the molecule is CCCOCn1cc(CC)c2ccc(CC)cc21. The number of fused-ring (bicyclic) bond motifs is 1. The maximum atomic E-state index is 5.67. The largest absolute Gasteiger partial charge is 0.361 e. The van der Waals surface area contributed by atoms with Gasteiger partial charge in [0.25, 0.3) is 0 Å². The van der Waals surface area contributed by atoms with Crippen LogP contribution in [0.1, 0.15) is 38.3 Å². The van der Waals surface area contributed by atoms with Gasteiger partial charge in [0, 0.05) is 18.2 Å². The summed E-state index contributed by atoms with van der Waals surface area (Å²) in [6.45, 7) is 8.04. The third-order valence-electron chi connectivity index (χ3n) is 3.40. The molecule has 0 fully saturated rings. The lowest BCUT2D eigenvalue weighted by Crippen LogP contribution is -2.02. The third kappa shape index (κ3) is 2.59. The quantitative estimate of drug-likeness (QED) is 0.697. The Bertz CT molecular complexity index is 513. The van der Waals surface area contributed by atoms with Gasteiger partial charge in [-0.05, 0) is 36.5 Å². The van der Waals surface area contributed by atoms with Gasteiger partial charge in [-0.3, -0.25) is 0 Å². The summed E-state index contributed by atoms with van der Waals surface area (Å²) in [5.74, 6) is 0. The second kappa shape index (κ2) is 6.05. The Balaban J connectivity index is 2.37. The van der Waals surface area contributed by atoms with Crippen LogP contribution < -0.4 is 0 Å². The van der Waals surface area contributed by atoms with Crippen LogP contribution in [0, 0.1) is 0 Å². The average Bonchev–Trinajstić information content (AvgIpc) is 2.76. The van der Waals surface area contributed by atoms with Gasteiger partial charge in [-0.25, -0.2) is 0 Å². The van der Waals surface area contributed by atoms with Crippen LogP contribution in [-0.2, 0) is 24.3 Å². The molecule has 98 valence electrons. The zero-order chi connectivity index (χ0) is 13.0. The van der Waals surface area contributed by atoms with E-state index in [0.717, 1.165) is 25.9 Å². The molecule has 0 bridgehead atoms. The molecule has 0 aliphatic rings. The fourth-order valence-electron chi connectivity index (χ4n) is 2.33. The summed E-state index contributed by atoms with van der Waals surface area (Å²) in [4.78, 5) is 0. The number of aryl methyl sites for hydroxylation is 2. The van der Waals surface area contributed by atoms with Crippen molar-refractivity contribution in [3.8, 4) is 0 Å². The lowest BCUT2D eigenvalue weighted by Gasteiger charge is -2.06. The van der Waals surface area contributed by atoms with E-state index in [1.165, 1.54) is 22.0 Å². The Morgan fingerprint density at radius 2 is 1.94 bits per heavy atom. The smallest absolute Gasteiger partial charge is 0.122 e. The van der Waals surface area contributed by atoms with Gasteiger partial charge >= 0.3 is 0 Å². The van der Waals surface area contributed by atoms with Crippen LogP contribution in [0.2, 0.25) is 0 Å². The van der Waals surface area contributed by atoms with Crippen molar-refractivity contribution in [2.75, 3.05) is 6.61 Å². The molecule has 0 atom stereocenters. The van der Waals surface area contributed by atoms with Gasteiger partial charge in [0.1, 0.15) is 6.73 Å². The van der Waals surface area contributed by atoms with Crippen LogP contribution in [0.4, 0.5) is 0 Å². The third-order valence-corrected chi connectivity index (χ3v) is 3.40. The molecule has 0 amide bonds. The summed E-state index contributed by atoms with van der Waals surface area (Å²) in [7, 11) is 0. The van der Waals surface area contributed by atoms with Crippen LogP contribution in [0.25, 0.3) is 10.9 Å². The lowest BCUT2D eigenvalue weighted by molar-refractivity contribution is 0.0803. The zero-order valence-corrected chi connectivity index (χ0v) is 11.7. The Kier molecular flexibility index (Phi) is 4.43. The fraction of sp³-hybridized carbons (Fsp3) is 0.500. The number of hydrogen-bond acceptors (Lipinski definition) is 1. The van der Waals surface area contributed by atoms with Gasteiger partial charge in [0.05, 0.1) is 5.52 Å². The molecule has 0 N–H and O–H groups in total. The van der Waals surface area contributed by atoms with Crippen molar-refractivity contribution in [1.82, 2.24) is 4.57 Å². The molecule has 2 aromatic rings. The van der Waals surface area contributed by atoms with E-state index in [9.17, 15) is 0 Å². The lowest BCUT2D eigenvalue weighted by atomic mass is 10.1. The molecule has 1 heterocycles. The number of hydrogen-bond donors (Lipinski definition) is 0. The maximum Gasteiger partial charge on any atom is 0.122 e. The van der Waals surface area contributed by atoms with Crippen molar-refractivity contribution < 1.29 is 4.74 Å². The number of rotatable bonds is 6. The van der Waals surface area contributed by atoms with Gasteiger partial charge in [0.2, 0.25) is 0 Å². The highest BCUT2D eigenvalue weighted by Gasteiger charge is 2.07. The number of nitrogens with zero attached hydrogens (tertiary/aromatic N) is 1. The Labute approximate surface area is 110 Å². The molecule has 0 saturated carbocycles. The predicted octanol–water partition coefficient (Wildman–Crippen LogP) is 4.15. The first-order chi connectivity index (χ1) is 8.80. The first-order valence-corrected chi connectivity index (χ1v) is 6.98. The Morgan fingerprint density at radius 3 is 2.61 bits per heavy atom. The van der Waals surface area contributed by atoms with Crippen LogP contribution >= 0.6 is 0 Å². The van der Waals surface area contributed by atoms with Crippen molar-refractivity contribution in [3.05, 3.63) is 35.5 Å². The standard InChI is InChI=1S/C16H23NO/c1-4-9-18-12-17-11-14(6-3)15-8-7-13(5-2)10-16(15)17/h7-8,10-11H,4-6,9,12H2,1-3H3. The van der Waals surface area contributed by atoms with Gasteiger partial charge in [-0.15, -0.1) is 0 Å². The Hall–Kier alpha value is -1.28. The minimum absolute atomic E-state index is 0.664. The first-order valence-electron chi connectivity index (χ1n) is 6.98.